The molecule has 0 saturated carbocycles. The number of pyridine rings is 1. The first-order valence-corrected chi connectivity index (χ1v) is 10.2. The lowest BCUT2D eigenvalue weighted by molar-refractivity contribution is 0.129. The molecule has 6 nitrogen and oxygen atoms in total. The van der Waals surface area contributed by atoms with Crippen LogP contribution < -0.4 is 10.6 Å². The van der Waals surface area contributed by atoms with Gasteiger partial charge in [-0.1, -0.05) is 36.4 Å². The molecule has 0 amide bonds. The Morgan fingerprint density at radius 2 is 1.69 bits per heavy atom. The highest BCUT2D eigenvalue weighted by Gasteiger charge is 2.16. The van der Waals surface area contributed by atoms with E-state index in [0.717, 1.165) is 64.0 Å². The van der Waals surface area contributed by atoms with Crippen molar-refractivity contribution in [3.63, 3.8) is 0 Å². The van der Waals surface area contributed by atoms with E-state index in [1.807, 2.05) is 24.4 Å². The molecular formula is C22H33IN6. The van der Waals surface area contributed by atoms with E-state index in [0.29, 0.717) is 6.54 Å². The van der Waals surface area contributed by atoms with Crippen LogP contribution in [-0.2, 0) is 13.1 Å². The second-order valence-corrected chi connectivity index (χ2v) is 7.05. The van der Waals surface area contributed by atoms with Gasteiger partial charge >= 0.3 is 0 Å². The van der Waals surface area contributed by atoms with Gasteiger partial charge in [-0.3, -0.25) is 14.8 Å². The van der Waals surface area contributed by atoms with Gasteiger partial charge in [0, 0.05) is 58.6 Å². The Labute approximate surface area is 191 Å². The lowest BCUT2D eigenvalue weighted by atomic mass is 10.2. The van der Waals surface area contributed by atoms with Crippen LogP contribution in [0.15, 0.2) is 59.7 Å². The maximum Gasteiger partial charge on any atom is 0.191 e. The number of nitrogens with one attached hydrogen (secondary N) is 2. The summed E-state index contributed by atoms with van der Waals surface area (Å²) in [6.07, 6.45) is 1.81. The maximum absolute atomic E-state index is 4.63. The number of aromatic nitrogens is 1. The third-order valence-corrected chi connectivity index (χ3v) is 4.90. The average Bonchev–Trinajstić information content (AvgIpc) is 2.75. The van der Waals surface area contributed by atoms with E-state index in [4.69, 9.17) is 0 Å². The summed E-state index contributed by atoms with van der Waals surface area (Å²) in [7, 11) is 0. The van der Waals surface area contributed by atoms with Crippen LogP contribution in [0.5, 0.6) is 0 Å². The minimum absolute atomic E-state index is 0. The van der Waals surface area contributed by atoms with Crippen molar-refractivity contribution in [1.29, 1.82) is 0 Å². The molecule has 1 aliphatic heterocycles. The van der Waals surface area contributed by atoms with E-state index in [2.05, 4.69) is 67.7 Å². The van der Waals surface area contributed by atoms with Crippen LogP contribution in [0, 0.1) is 0 Å². The Bertz CT molecular complexity index is 702. The molecule has 2 heterocycles. The third kappa shape index (κ3) is 8.67. The normalized spacial score (nSPS) is 15.6. The molecule has 1 fully saturated rings. The van der Waals surface area contributed by atoms with Gasteiger partial charge in [0.1, 0.15) is 0 Å². The molecule has 1 aromatic carbocycles. The maximum atomic E-state index is 4.63. The quantitative estimate of drug-likeness (QED) is 0.326. The molecule has 1 aliphatic rings. The zero-order valence-corrected chi connectivity index (χ0v) is 19.6. The van der Waals surface area contributed by atoms with Crippen molar-refractivity contribution in [3.05, 3.63) is 66.0 Å². The second kappa shape index (κ2) is 13.5. The largest absolute Gasteiger partial charge is 0.357 e. The Balaban J connectivity index is 0.00000300. The molecule has 0 atom stereocenters. The molecule has 0 radical (unpaired) electrons. The fourth-order valence-corrected chi connectivity index (χ4v) is 3.34. The minimum atomic E-state index is 0. The van der Waals surface area contributed by atoms with Crippen LogP contribution in [0.3, 0.4) is 0 Å². The number of guanidine groups is 1. The summed E-state index contributed by atoms with van der Waals surface area (Å²) in [5, 5.41) is 6.75. The fraction of sp³-hybridized carbons (Fsp3) is 0.455. The first-order chi connectivity index (χ1) is 13.8. The number of rotatable bonds is 8. The van der Waals surface area contributed by atoms with E-state index in [-0.39, 0.29) is 24.0 Å². The van der Waals surface area contributed by atoms with Crippen molar-refractivity contribution < 1.29 is 0 Å². The number of benzene rings is 1. The van der Waals surface area contributed by atoms with Gasteiger partial charge < -0.3 is 10.6 Å². The van der Waals surface area contributed by atoms with E-state index < -0.39 is 0 Å². The zero-order valence-electron chi connectivity index (χ0n) is 17.3. The van der Waals surface area contributed by atoms with Crippen LogP contribution in [0.2, 0.25) is 0 Å². The van der Waals surface area contributed by atoms with E-state index in [1.54, 1.807) is 0 Å². The first kappa shape index (κ1) is 23.6. The highest BCUT2D eigenvalue weighted by Crippen LogP contribution is 2.08. The number of hydrogen-bond donors (Lipinski definition) is 2. The number of nitrogens with zero attached hydrogens (tertiary/aromatic N) is 4. The molecule has 1 saturated heterocycles. The monoisotopic (exact) mass is 508 g/mol. The number of hydrogen-bond acceptors (Lipinski definition) is 4. The lowest BCUT2D eigenvalue weighted by Gasteiger charge is -2.34. The predicted octanol–water partition coefficient (Wildman–Crippen LogP) is 2.57. The summed E-state index contributed by atoms with van der Waals surface area (Å²) in [6.45, 7) is 11.0. The van der Waals surface area contributed by atoms with Crippen LogP contribution in [-0.4, -0.2) is 66.6 Å². The summed E-state index contributed by atoms with van der Waals surface area (Å²) in [5.74, 6) is 0.857. The van der Waals surface area contributed by atoms with Gasteiger partial charge in [-0.15, -0.1) is 24.0 Å². The smallest absolute Gasteiger partial charge is 0.191 e. The van der Waals surface area contributed by atoms with Gasteiger partial charge in [0.05, 0.1) is 12.2 Å². The highest BCUT2D eigenvalue weighted by atomic mass is 127. The van der Waals surface area contributed by atoms with Crippen molar-refractivity contribution in [3.8, 4) is 0 Å². The van der Waals surface area contributed by atoms with Gasteiger partial charge in [-0.05, 0) is 24.6 Å². The number of halogens is 1. The first-order valence-electron chi connectivity index (χ1n) is 10.2. The molecule has 158 valence electrons. The molecule has 3 rings (SSSR count). The van der Waals surface area contributed by atoms with E-state index in [1.165, 1.54) is 5.56 Å². The van der Waals surface area contributed by atoms with Gasteiger partial charge in [0.2, 0.25) is 0 Å². The van der Waals surface area contributed by atoms with Gasteiger partial charge in [0.25, 0.3) is 0 Å². The zero-order chi connectivity index (χ0) is 19.4. The lowest BCUT2D eigenvalue weighted by Crippen LogP contribution is -2.49. The molecule has 2 N–H and O–H groups in total. The third-order valence-electron chi connectivity index (χ3n) is 4.90. The van der Waals surface area contributed by atoms with Crippen LogP contribution in [0.4, 0.5) is 0 Å². The summed E-state index contributed by atoms with van der Waals surface area (Å²) in [6, 6.07) is 16.7. The van der Waals surface area contributed by atoms with Crippen molar-refractivity contribution in [2.45, 2.75) is 20.0 Å². The summed E-state index contributed by atoms with van der Waals surface area (Å²) in [5.41, 5.74) is 2.38. The molecule has 2 aromatic rings. The summed E-state index contributed by atoms with van der Waals surface area (Å²) in [4.78, 5) is 14.0. The van der Waals surface area contributed by atoms with E-state index >= 15 is 0 Å². The predicted molar refractivity (Wildman–Crippen MR) is 131 cm³/mol. The molecule has 29 heavy (non-hydrogen) atoms. The van der Waals surface area contributed by atoms with Crippen LogP contribution in [0.1, 0.15) is 18.2 Å². The molecule has 0 unspecified atom stereocenters. The van der Waals surface area contributed by atoms with Crippen LogP contribution >= 0.6 is 24.0 Å². The van der Waals surface area contributed by atoms with Crippen LogP contribution in [0.25, 0.3) is 0 Å². The Morgan fingerprint density at radius 3 is 2.38 bits per heavy atom. The molecule has 0 bridgehead atoms. The highest BCUT2D eigenvalue weighted by molar-refractivity contribution is 14.0. The summed E-state index contributed by atoms with van der Waals surface area (Å²) < 4.78 is 0. The Kier molecular flexibility index (Phi) is 11.0. The van der Waals surface area contributed by atoms with E-state index in [9.17, 15) is 0 Å². The number of aliphatic imine (C=N–C) groups is 1. The molecule has 0 aliphatic carbocycles. The molecule has 0 spiro atoms. The average molecular weight is 508 g/mol. The van der Waals surface area contributed by atoms with Gasteiger partial charge in [0.15, 0.2) is 5.96 Å². The SMILES string of the molecule is CCNC(=NCc1ccccn1)NCCN1CCN(Cc2ccccc2)CC1.I. The van der Waals surface area contributed by atoms with Crippen molar-refractivity contribution >= 4 is 29.9 Å². The Morgan fingerprint density at radius 1 is 0.966 bits per heavy atom. The van der Waals surface area contributed by atoms with Crippen molar-refractivity contribution in [2.24, 2.45) is 4.99 Å². The minimum Gasteiger partial charge on any atom is -0.357 e. The summed E-state index contributed by atoms with van der Waals surface area (Å²) >= 11 is 0. The van der Waals surface area contributed by atoms with Gasteiger partial charge in [-0.25, -0.2) is 4.99 Å². The number of piperazine rings is 1. The van der Waals surface area contributed by atoms with Crippen molar-refractivity contribution in [2.75, 3.05) is 45.8 Å². The van der Waals surface area contributed by atoms with Crippen molar-refractivity contribution in [1.82, 2.24) is 25.4 Å². The molecule has 7 heteroatoms. The molecular weight excluding hydrogens is 475 g/mol. The topological polar surface area (TPSA) is 55.8 Å². The molecule has 1 aromatic heterocycles. The van der Waals surface area contributed by atoms with Gasteiger partial charge in [-0.2, -0.15) is 0 Å². The fourth-order valence-electron chi connectivity index (χ4n) is 3.34. The Hall–Kier alpha value is -1.71. The standard InChI is InChI=1S/C22H32N6.HI/c1-2-23-22(26-18-21-10-6-7-11-24-21)25-12-13-27-14-16-28(17-15-27)19-20-8-4-3-5-9-20;/h3-11H,2,12-19H2,1H3,(H2,23,25,26);1H. The second-order valence-electron chi connectivity index (χ2n) is 7.05.